The summed E-state index contributed by atoms with van der Waals surface area (Å²) in [5.74, 6) is 0.371. The van der Waals surface area contributed by atoms with Crippen LogP contribution in [0.5, 0.6) is 0 Å². The van der Waals surface area contributed by atoms with E-state index in [1.54, 1.807) is 10.4 Å². The van der Waals surface area contributed by atoms with E-state index in [1.807, 2.05) is 0 Å². The number of hydrogen-bond donors (Lipinski definition) is 1. The van der Waals surface area contributed by atoms with Gasteiger partial charge in [0.05, 0.1) is 5.69 Å². The smallest absolute Gasteiger partial charge is 0.244 e. The van der Waals surface area contributed by atoms with Gasteiger partial charge in [0.2, 0.25) is 10.0 Å². The van der Waals surface area contributed by atoms with Crippen molar-refractivity contribution in [1.29, 1.82) is 0 Å². The molecule has 21 heavy (non-hydrogen) atoms. The minimum atomic E-state index is -3.49. The monoisotopic (exact) mass is 327 g/mol. The van der Waals surface area contributed by atoms with Crippen LogP contribution in [0.2, 0.25) is 0 Å². The van der Waals surface area contributed by atoms with Gasteiger partial charge in [0.1, 0.15) is 9.88 Å². The molecule has 5 nitrogen and oxygen atoms in total. The Labute approximate surface area is 131 Å². The van der Waals surface area contributed by atoms with Gasteiger partial charge in [0.15, 0.2) is 0 Å². The van der Waals surface area contributed by atoms with Crippen LogP contribution in [0.25, 0.3) is 0 Å². The average molecular weight is 327 g/mol. The molecule has 1 atom stereocenters. The largest absolute Gasteiger partial charge is 0.388 e. The fourth-order valence-corrected chi connectivity index (χ4v) is 4.05. The van der Waals surface area contributed by atoms with Crippen LogP contribution in [0.15, 0.2) is 23.2 Å². The second-order valence-electron chi connectivity index (χ2n) is 6.46. The zero-order valence-corrected chi connectivity index (χ0v) is 14.2. The number of pyridine rings is 1. The van der Waals surface area contributed by atoms with Crippen molar-refractivity contribution in [2.45, 2.75) is 32.1 Å². The van der Waals surface area contributed by atoms with E-state index in [2.05, 4.69) is 25.8 Å². The van der Waals surface area contributed by atoms with Gasteiger partial charge in [0, 0.05) is 19.3 Å². The summed E-state index contributed by atoms with van der Waals surface area (Å²) in [5.41, 5.74) is 6.01. The summed E-state index contributed by atoms with van der Waals surface area (Å²) in [7, 11) is -3.49. The highest BCUT2D eigenvalue weighted by Gasteiger charge is 2.37. The number of rotatable bonds is 3. The van der Waals surface area contributed by atoms with Gasteiger partial charge in [-0.15, -0.1) is 0 Å². The Balaban J connectivity index is 2.21. The minimum Gasteiger partial charge on any atom is -0.388 e. The van der Waals surface area contributed by atoms with E-state index in [0.717, 1.165) is 6.42 Å². The molecule has 0 radical (unpaired) electrons. The van der Waals surface area contributed by atoms with Gasteiger partial charge in [-0.05, 0) is 29.9 Å². The third-order valence-corrected chi connectivity index (χ3v) is 6.06. The lowest BCUT2D eigenvalue weighted by Crippen LogP contribution is -2.31. The fourth-order valence-electron chi connectivity index (χ4n) is 2.48. The lowest BCUT2D eigenvalue weighted by atomic mass is 9.80. The molecule has 2 N–H and O–H groups in total. The third-order valence-electron chi connectivity index (χ3n) is 4.00. The molecule has 1 aliphatic rings. The highest BCUT2D eigenvalue weighted by molar-refractivity contribution is 7.89. The number of thiocarbonyl (C=S) groups is 1. The Morgan fingerprint density at radius 2 is 2.10 bits per heavy atom. The van der Waals surface area contributed by atoms with Gasteiger partial charge in [-0.3, -0.25) is 4.98 Å². The van der Waals surface area contributed by atoms with Crippen molar-refractivity contribution < 1.29 is 8.42 Å². The normalized spacial score (nSPS) is 20.6. The Hall–Kier alpha value is -1.05. The Morgan fingerprint density at radius 1 is 1.43 bits per heavy atom. The van der Waals surface area contributed by atoms with Crippen molar-refractivity contribution in [2.75, 3.05) is 13.1 Å². The van der Waals surface area contributed by atoms with Crippen molar-refractivity contribution in [3.8, 4) is 0 Å². The number of nitrogens with two attached hydrogens (primary N) is 1. The number of hydrogen-bond acceptors (Lipinski definition) is 4. The fraction of sp³-hybridized carbons (Fsp3) is 0.571. The van der Waals surface area contributed by atoms with Crippen LogP contribution < -0.4 is 5.73 Å². The van der Waals surface area contributed by atoms with Crippen LogP contribution in [0.3, 0.4) is 0 Å². The molecule has 1 unspecified atom stereocenters. The molecule has 1 aromatic rings. The van der Waals surface area contributed by atoms with E-state index in [-0.39, 0.29) is 15.3 Å². The first-order valence-corrected chi connectivity index (χ1v) is 8.73. The number of sulfonamides is 1. The topological polar surface area (TPSA) is 76.3 Å². The first-order chi connectivity index (χ1) is 9.62. The molecule has 1 aromatic heterocycles. The first-order valence-electron chi connectivity index (χ1n) is 6.88. The minimum absolute atomic E-state index is 0.109. The third kappa shape index (κ3) is 3.41. The Bertz CT molecular complexity index is 633. The van der Waals surface area contributed by atoms with E-state index in [4.69, 9.17) is 18.0 Å². The van der Waals surface area contributed by atoms with Crippen LogP contribution in [0, 0.1) is 11.3 Å². The lowest BCUT2D eigenvalue weighted by molar-refractivity contribution is 0.252. The van der Waals surface area contributed by atoms with Crippen molar-refractivity contribution in [1.82, 2.24) is 9.29 Å². The van der Waals surface area contributed by atoms with E-state index in [0.29, 0.717) is 24.7 Å². The SMILES string of the molecule is CC(C)(C)C1CCN(S(=O)(=O)c2ccc(C(N)=S)nc2)C1. The molecular formula is C14H21N3O2S2. The summed E-state index contributed by atoms with van der Waals surface area (Å²) in [6, 6.07) is 3.06. The summed E-state index contributed by atoms with van der Waals surface area (Å²) in [4.78, 5) is 4.36. The highest BCUT2D eigenvalue weighted by atomic mass is 32.2. The van der Waals surface area contributed by atoms with Gasteiger partial charge in [-0.2, -0.15) is 4.31 Å². The predicted octanol–water partition coefficient (Wildman–Crippen LogP) is 1.77. The molecule has 7 heteroatoms. The second-order valence-corrected chi connectivity index (χ2v) is 8.84. The van der Waals surface area contributed by atoms with E-state index < -0.39 is 10.0 Å². The molecule has 1 fully saturated rings. The molecule has 0 saturated carbocycles. The summed E-state index contributed by atoms with van der Waals surface area (Å²) >= 11 is 4.82. The molecule has 2 rings (SSSR count). The molecular weight excluding hydrogens is 306 g/mol. The van der Waals surface area contributed by atoms with Crippen LogP contribution >= 0.6 is 12.2 Å². The lowest BCUT2D eigenvalue weighted by Gasteiger charge is -2.26. The molecule has 0 aromatic carbocycles. The molecule has 0 spiro atoms. The summed E-state index contributed by atoms with van der Waals surface area (Å²) in [6.45, 7) is 7.55. The molecule has 0 amide bonds. The number of nitrogens with zero attached hydrogens (tertiary/aromatic N) is 2. The zero-order chi connectivity index (χ0) is 15.8. The van der Waals surface area contributed by atoms with Crippen LogP contribution in [0.1, 0.15) is 32.9 Å². The summed E-state index contributed by atoms with van der Waals surface area (Å²) < 4.78 is 26.8. The van der Waals surface area contributed by atoms with Gasteiger partial charge < -0.3 is 5.73 Å². The molecule has 1 aliphatic heterocycles. The Morgan fingerprint density at radius 3 is 2.52 bits per heavy atom. The molecule has 116 valence electrons. The van der Waals surface area contributed by atoms with Crippen molar-refractivity contribution >= 4 is 27.2 Å². The first kappa shape index (κ1) is 16.3. The van der Waals surface area contributed by atoms with Gasteiger partial charge in [-0.25, -0.2) is 8.42 Å². The van der Waals surface area contributed by atoms with Crippen LogP contribution in [-0.4, -0.2) is 35.8 Å². The quantitative estimate of drug-likeness (QED) is 0.856. The van der Waals surface area contributed by atoms with E-state index in [1.165, 1.54) is 12.3 Å². The zero-order valence-electron chi connectivity index (χ0n) is 12.5. The summed E-state index contributed by atoms with van der Waals surface area (Å²) in [6.07, 6.45) is 2.22. The van der Waals surface area contributed by atoms with Crippen LogP contribution in [-0.2, 0) is 10.0 Å². The van der Waals surface area contributed by atoms with E-state index in [9.17, 15) is 8.42 Å². The molecule has 0 aliphatic carbocycles. The van der Waals surface area contributed by atoms with Gasteiger partial charge >= 0.3 is 0 Å². The molecule has 2 heterocycles. The maximum absolute atomic E-state index is 12.6. The highest BCUT2D eigenvalue weighted by Crippen LogP contribution is 2.35. The predicted molar refractivity (Wildman–Crippen MR) is 86.4 cm³/mol. The van der Waals surface area contributed by atoms with Crippen LogP contribution in [0.4, 0.5) is 0 Å². The number of aromatic nitrogens is 1. The van der Waals surface area contributed by atoms with E-state index >= 15 is 0 Å². The van der Waals surface area contributed by atoms with Crippen molar-refractivity contribution in [3.05, 3.63) is 24.0 Å². The molecule has 0 bridgehead atoms. The standard InChI is InChI=1S/C14H21N3O2S2/c1-14(2,3)10-6-7-17(9-10)21(18,19)11-4-5-12(13(15)20)16-8-11/h4-5,8,10H,6-7,9H2,1-3H3,(H2,15,20). The Kier molecular flexibility index (Phi) is 4.37. The van der Waals surface area contributed by atoms with Crippen molar-refractivity contribution in [3.63, 3.8) is 0 Å². The maximum Gasteiger partial charge on any atom is 0.244 e. The van der Waals surface area contributed by atoms with Gasteiger partial charge in [-0.1, -0.05) is 33.0 Å². The average Bonchev–Trinajstić information content (AvgIpc) is 2.89. The van der Waals surface area contributed by atoms with Gasteiger partial charge in [0.25, 0.3) is 0 Å². The maximum atomic E-state index is 12.6. The summed E-state index contributed by atoms with van der Waals surface area (Å²) in [5, 5.41) is 0. The molecule has 1 saturated heterocycles. The van der Waals surface area contributed by atoms with Crippen molar-refractivity contribution in [2.24, 2.45) is 17.1 Å². The second kappa shape index (κ2) is 5.62.